The Hall–Kier alpha value is -1.93. The number of fused-ring (bicyclic) bond motifs is 2. The summed E-state index contributed by atoms with van der Waals surface area (Å²) in [4.78, 5) is 9.17. The van der Waals surface area contributed by atoms with Crippen LogP contribution in [0.2, 0.25) is 5.15 Å². The van der Waals surface area contributed by atoms with Crippen molar-refractivity contribution in [3.63, 3.8) is 0 Å². The third-order valence-corrected chi connectivity index (χ3v) is 4.45. The van der Waals surface area contributed by atoms with E-state index in [2.05, 4.69) is 34.2 Å². The fourth-order valence-corrected chi connectivity index (χ4v) is 3.28. The molecule has 3 aromatic rings. The first kappa shape index (κ1) is 12.8. The smallest absolute Gasteiger partial charge is 0.161 e. The molecule has 0 saturated heterocycles. The zero-order chi connectivity index (χ0) is 14.4. The SMILES string of the molecule is Cc1ccc2nc(-c3ccc4c(c3)CCC4)nc(Cl)c2c1. The molecule has 0 N–H and O–H groups in total. The average Bonchev–Trinajstić information content (AvgIpc) is 2.95. The Bertz CT molecular complexity index is 855. The minimum atomic E-state index is 0.527. The summed E-state index contributed by atoms with van der Waals surface area (Å²) in [6.45, 7) is 2.05. The summed E-state index contributed by atoms with van der Waals surface area (Å²) in [5.41, 5.74) is 6.01. The van der Waals surface area contributed by atoms with Crippen LogP contribution in [-0.4, -0.2) is 9.97 Å². The van der Waals surface area contributed by atoms with Crippen molar-refractivity contribution in [2.24, 2.45) is 0 Å². The quantitative estimate of drug-likeness (QED) is 0.605. The number of hydrogen-bond donors (Lipinski definition) is 0. The minimum Gasteiger partial charge on any atom is -0.228 e. The highest BCUT2D eigenvalue weighted by atomic mass is 35.5. The van der Waals surface area contributed by atoms with Gasteiger partial charge in [-0.2, -0.15) is 0 Å². The van der Waals surface area contributed by atoms with E-state index in [1.165, 1.54) is 29.5 Å². The highest BCUT2D eigenvalue weighted by Crippen LogP contribution is 2.29. The largest absolute Gasteiger partial charge is 0.228 e. The average molecular weight is 295 g/mol. The first-order valence-corrected chi connectivity index (χ1v) is 7.64. The van der Waals surface area contributed by atoms with Gasteiger partial charge in [-0.1, -0.05) is 35.4 Å². The minimum absolute atomic E-state index is 0.527. The second-order valence-electron chi connectivity index (χ2n) is 5.70. The summed E-state index contributed by atoms with van der Waals surface area (Å²) in [5.74, 6) is 0.714. The Labute approximate surface area is 128 Å². The fraction of sp³-hybridized carbons (Fsp3) is 0.222. The molecule has 2 aromatic carbocycles. The maximum Gasteiger partial charge on any atom is 0.161 e. The van der Waals surface area contributed by atoms with Gasteiger partial charge < -0.3 is 0 Å². The number of aromatic nitrogens is 2. The summed E-state index contributed by atoms with van der Waals surface area (Å²) in [5, 5.41) is 1.45. The van der Waals surface area contributed by atoms with Crippen molar-refractivity contribution in [2.75, 3.05) is 0 Å². The lowest BCUT2D eigenvalue weighted by Gasteiger charge is -2.07. The molecule has 2 nitrogen and oxygen atoms in total. The van der Waals surface area contributed by atoms with Crippen molar-refractivity contribution in [1.29, 1.82) is 0 Å². The van der Waals surface area contributed by atoms with E-state index in [4.69, 9.17) is 11.6 Å². The predicted octanol–water partition coefficient (Wildman–Crippen LogP) is 4.75. The number of aryl methyl sites for hydroxylation is 3. The van der Waals surface area contributed by atoms with Crippen LogP contribution in [-0.2, 0) is 12.8 Å². The Morgan fingerprint density at radius 3 is 2.71 bits per heavy atom. The van der Waals surface area contributed by atoms with Crippen molar-refractivity contribution >= 4 is 22.5 Å². The van der Waals surface area contributed by atoms with Gasteiger partial charge in [0.15, 0.2) is 5.82 Å². The van der Waals surface area contributed by atoms with Crippen molar-refractivity contribution in [3.05, 3.63) is 58.2 Å². The van der Waals surface area contributed by atoms with Gasteiger partial charge >= 0.3 is 0 Å². The third-order valence-electron chi connectivity index (χ3n) is 4.16. The lowest BCUT2D eigenvalue weighted by molar-refractivity contribution is 0.912. The van der Waals surface area contributed by atoms with Gasteiger partial charge in [0.25, 0.3) is 0 Å². The van der Waals surface area contributed by atoms with Crippen LogP contribution in [0.25, 0.3) is 22.3 Å². The van der Waals surface area contributed by atoms with Crippen LogP contribution in [0.3, 0.4) is 0 Å². The molecule has 0 amide bonds. The zero-order valence-corrected chi connectivity index (χ0v) is 12.6. The molecule has 0 radical (unpaired) electrons. The molecule has 1 aliphatic rings. The van der Waals surface area contributed by atoms with Crippen LogP contribution in [0.4, 0.5) is 0 Å². The van der Waals surface area contributed by atoms with E-state index in [1.54, 1.807) is 0 Å². The van der Waals surface area contributed by atoms with E-state index < -0.39 is 0 Å². The standard InChI is InChI=1S/C18H15ClN2/c1-11-5-8-16-15(9-11)17(19)21-18(20-16)14-7-6-12-3-2-4-13(12)10-14/h5-10H,2-4H2,1H3. The summed E-state index contributed by atoms with van der Waals surface area (Å²) >= 11 is 6.35. The second kappa shape index (κ2) is 4.81. The molecule has 0 aliphatic heterocycles. The summed E-state index contributed by atoms with van der Waals surface area (Å²) in [6.07, 6.45) is 3.59. The van der Waals surface area contributed by atoms with Gasteiger partial charge in [0.2, 0.25) is 0 Å². The molecule has 3 heteroatoms. The molecule has 0 bridgehead atoms. The van der Waals surface area contributed by atoms with E-state index in [0.29, 0.717) is 11.0 Å². The van der Waals surface area contributed by atoms with Gasteiger partial charge in [-0.05, 0) is 55.5 Å². The Kier molecular flexibility index (Phi) is 2.93. The molecule has 1 aromatic heterocycles. The van der Waals surface area contributed by atoms with Crippen LogP contribution in [0.15, 0.2) is 36.4 Å². The van der Waals surface area contributed by atoms with Crippen LogP contribution < -0.4 is 0 Å². The van der Waals surface area contributed by atoms with Gasteiger partial charge in [-0.25, -0.2) is 9.97 Å². The lowest BCUT2D eigenvalue weighted by Crippen LogP contribution is -1.93. The number of hydrogen-bond acceptors (Lipinski definition) is 2. The monoisotopic (exact) mass is 294 g/mol. The van der Waals surface area contributed by atoms with Crippen LogP contribution in [0, 0.1) is 6.92 Å². The Morgan fingerprint density at radius 2 is 1.81 bits per heavy atom. The van der Waals surface area contributed by atoms with Crippen LogP contribution >= 0.6 is 11.6 Å². The van der Waals surface area contributed by atoms with Crippen LogP contribution in [0.1, 0.15) is 23.1 Å². The van der Waals surface area contributed by atoms with E-state index in [1.807, 2.05) is 19.1 Å². The Balaban J connectivity index is 1.89. The summed E-state index contributed by atoms with van der Waals surface area (Å²) < 4.78 is 0. The molecule has 104 valence electrons. The third kappa shape index (κ3) is 2.20. The highest BCUT2D eigenvalue weighted by molar-refractivity contribution is 6.34. The molecular weight excluding hydrogens is 280 g/mol. The van der Waals surface area contributed by atoms with E-state index >= 15 is 0 Å². The molecule has 0 saturated carbocycles. The van der Waals surface area contributed by atoms with Gasteiger partial charge in [0, 0.05) is 10.9 Å². The van der Waals surface area contributed by atoms with Crippen LogP contribution in [0.5, 0.6) is 0 Å². The maximum absolute atomic E-state index is 6.35. The van der Waals surface area contributed by atoms with Gasteiger partial charge in [-0.3, -0.25) is 0 Å². The van der Waals surface area contributed by atoms with E-state index in [-0.39, 0.29) is 0 Å². The fourth-order valence-electron chi connectivity index (χ4n) is 3.04. The molecule has 4 rings (SSSR count). The normalized spacial score (nSPS) is 13.6. The molecule has 0 spiro atoms. The van der Waals surface area contributed by atoms with Gasteiger partial charge in [0.1, 0.15) is 5.15 Å². The molecule has 1 aliphatic carbocycles. The lowest BCUT2D eigenvalue weighted by atomic mass is 10.1. The molecule has 0 unspecified atom stereocenters. The molecule has 21 heavy (non-hydrogen) atoms. The molecule has 0 atom stereocenters. The van der Waals surface area contributed by atoms with Gasteiger partial charge in [-0.15, -0.1) is 0 Å². The van der Waals surface area contributed by atoms with Crippen molar-refractivity contribution in [1.82, 2.24) is 9.97 Å². The maximum atomic E-state index is 6.35. The second-order valence-corrected chi connectivity index (χ2v) is 6.05. The summed E-state index contributed by atoms with van der Waals surface area (Å²) in [6, 6.07) is 12.6. The zero-order valence-electron chi connectivity index (χ0n) is 11.9. The first-order valence-electron chi connectivity index (χ1n) is 7.27. The van der Waals surface area contributed by atoms with Gasteiger partial charge in [0.05, 0.1) is 5.52 Å². The first-order chi connectivity index (χ1) is 10.2. The number of benzene rings is 2. The molecule has 1 heterocycles. The van der Waals surface area contributed by atoms with Crippen molar-refractivity contribution in [3.8, 4) is 11.4 Å². The molecular formula is C18H15ClN2. The highest BCUT2D eigenvalue weighted by Gasteiger charge is 2.14. The predicted molar refractivity (Wildman–Crippen MR) is 86.7 cm³/mol. The number of rotatable bonds is 1. The topological polar surface area (TPSA) is 25.8 Å². The molecule has 0 fully saturated rings. The Morgan fingerprint density at radius 1 is 0.952 bits per heavy atom. The van der Waals surface area contributed by atoms with E-state index in [0.717, 1.165) is 22.9 Å². The van der Waals surface area contributed by atoms with Crippen molar-refractivity contribution in [2.45, 2.75) is 26.2 Å². The number of halogens is 1. The van der Waals surface area contributed by atoms with E-state index in [9.17, 15) is 0 Å². The van der Waals surface area contributed by atoms with Crippen molar-refractivity contribution < 1.29 is 0 Å². The number of nitrogens with zero attached hydrogens (tertiary/aromatic N) is 2. The summed E-state index contributed by atoms with van der Waals surface area (Å²) in [7, 11) is 0.